The van der Waals surface area contributed by atoms with Crippen molar-refractivity contribution in [3.63, 3.8) is 0 Å². The Bertz CT molecular complexity index is 1440. The fourth-order valence-electron chi connectivity index (χ4n) is 8.57. The third-order valence-electron chi connectivity index (χ3n) is 11.6. The predicted octanol–water partition coefficient (Wildman–Crippen LogP) is 5.33. The van der Waals surface area contributed by atoms with Crippen molar-refractivity contribution in [1.29, 1.82) is 0 Å². The predicted molar refractivity (Wildman–Crippen MR) is 192 cm³/mol. The van der Waals surface area contributed by atoms with E-state index >= 15 is 0 Å². The molecule has 0 N–H and O–H groups in total. The lowest BCUT2D eigenvalue weighted by atomic mass is 9.72. The van der Waals surface area contributed by atoms with E-state index in [9.17, 15) is 0 Å². The zero-order valence-electron chi connectivity index (χ0n) is 31.7. The van der Waals surface area contributed by atoms with Gasteiger partial charge in [0.2, 0.25) is 0 Å². The van der Waals surface area contributed by atoms with E-state index in [1.807, 2.05) is 0 Å². The normalized spacial score (nSPS) is 22.7. The highest BCUT2D eigenvalue weighted by Gasteiger charge is 2.57. The van der Waals surface area contributed by atoms with Crippen LogP contribution in [0.3, 0.4) is 0 Å². The highest BCUT2D eigenvalue weighted by atomic mass is 16.7. The third-order valence-corrected chi connectivity index (χ3v) is 11.6. The van der Waals surface area contributed by atoms with Crippen molar-refractivity contribution >= 4 is 0 Å². The van der Waals surface area contributed by atoms with E-state index in [-0.39, 0.29) is 43.4 Å². The molecule has 53 heavy (non-hydrogen) atoms. The van der Waals surface area contributed by atoms with Gasteiger partial charge in [-0.1, -0.05) is 27.7 Å². The molecule has 12 heteroatoms. The molecule has 12 nitrogen and oxygen atoms in total. The lowest BCUT2D eigenvalue weighted by Gasteiger charge is -2.31. The second-order valence-corrected chi connectivity index (χ2v) is 17.0. The molecular weight excluding hydrogens is 684 g/mol. The topological polar surface area (TPSA) is 111 Å². The van der Waals surface area contributed by atoms with Crippen molar-refractivity contribution < 1.29 is 56.8 Å². The molecule has 0 radical (unpaired) electrons. The summed E-state index contributed by atoms with van der Waals surface area (Å²) in [5.74, 6) is 4.25. The van der Waals surface area contributed by atoms with E-state index in [1.165, 1.54) is 22.3 Å². The van der Waals surface area contributed by atoms with Gasteiger partial charge in [-0.05, 0) is 70.2 Å². The van der Waals surface area contributed by atoms with Crippen molar-refractivity contribution in [3.05, 3.63) is 46.5 Å². The molecule has 4 saturated heterocycles. The summed E-state index contributed by atoms with van der Waals surface area (Å²) in [5.41, 5.74) is 4.35. The Balaban J connectivity index is 1.09. The zero-order valence-corrected chi connectivity index (χ0v) is 31.7. The number of hydrogen-bond acceptors (Lipinski definition) is 12. The summed E-state index contributed by atoms with van der Waals surface area (Å²) < 4.78 is 70.3. The molecule has 4 heterocycles. The molecule has 0 saturated carbocycles. The van der Waals surface area contributed by atoms with Gasteiger partial charge in [0, 0.05) is 29.1 Å². The van der Waals surface area contributed by atoms with Crippen LogP contribution in [0.1, 0.15) is 62.8 Å². The molecule has 6 aliphatic rings. The van der Waals surface area contributed by atoms with Crippen molar-refractivity contribution in [2.45, 2.75) is 56.8 Å². The molecule has 0 atom stereocenters. The summed E-state index contributed by atoms with van der Waals surface area (Å²) in [4.78, 5) is 0. The Labute approximate surface area is 312 Å². The van der Waals surface area contributed by atoms with Gasteiger partial charge in [-0.25, -0.2) is 0 Å². The molecule has 2 aliphatic carbocycles. The fraction of sp³-hybridized carbons (Fsp3) is 0.707. The monoisotopic (exact) mass is 740 g/mol. The maximum Gasteiger partial charge on any atom is 0.189 e. The van der Waals surface area contributed by atoms with Crippen LogP contribution in [0.5, 0.6) is 23.0 Å². The van der Waals surface area contributed by atoms with Crippen LogP contribution in [0.2, 0.25) is 0 Å². The van der Waals surface area contributed by atoms with Gasteiger partial charge in [0.1, 0.15) is 0 Å². The van der Waals surface area contributed by atoms with Crippen LogP contribution >= 0.6 is 0 Å². The summed E-state index contributed by atoms with van der Waals surface area (Å²) in [6.07, 6.45) is 1.82. The van der Waals surface area contributed by atoms with E-state index in [4.69, 9.17) is 56.8 Å². The van der Waals surface area contributed by atoms with Gasteiger partial charge in [0.25, 0.3) is 0 Å². The van der Waals surface area contributed by atoms with Crippen LogP contribution in [0, 0.1) is 23.7 Å². The zero-order chi connectivity index (χ0) is 36.5. The Kier molecular flexibility index (Phi) is 11.1. The average Bonchev–Trinajstić information content (AvgIpc) is 3.39. The number of benzene rings is 2. The van der Waals surface area contributed by atoms with Crippen molar-refractivity contribution in [3.8, 4) is 23.0 Å². The second kappa shape index (κ2) is 15.8. The molecule has 292 valence electrons. The minimum Gasteiger partial charge on any atom is -0.464 e. The lowest BCUT2D eigenvalue weighted by molar-refractivity contribution is -0.0966. The number of hydrogen-bond donors (Lipinski definition) is 0. The SMILES string of the molecule is CC1(C)CC2(CC(C)(C)c3cc(OCOCC4COC4)c(OCOCC4COC4)cc32)c2cc(OCOCC3COC3)c(OCOCC3COC3)cc21. The molecular formula is C41H56O12. The second-order valence-electron chi connectivity index (χ2n) is 17.0. The minimum atomic E-state index is -0.305. The smallest absolute Gasteiger partial charge is 0.189 e. The molecule has 1 spiro atoms. The van der Waals surface area contributed by atoms with Gasteiger partial charge in [0.05, 0.1) is 79.3 Å². The first-order chi connectivity index (χ1) is 25.7. The minimum absolute atomic E-state index is 0.117. The first-order valence-corrected chi connectivity index (χ1v) is 19.2. The third kappa shape index (κ3) is 8.02. The Morgan fingerprint density at radius 2 is 0.698 bits per heavy atom. The van der Waals surface area contributed by atoms with Gasteiger partial charge in [-0.3, -0.25) is 0 Å². The van der Waals surface area contributed by atoms with Gasteiger partial charge >= 0.3 is 0 Å². The lowest BCUT2D eigenvalue weighted by Crippen LogP contribution is -2.32. The Hall–Kier alpha value is -2.68. The fourth-order valence-corrected chi connectivity index (χ4v) is 8.57. The van der Waals surface area contributed by atoms with E-state index in [0.717, 1.165) is 65.7 Å². The Morgan fingerprint density at radius 1 is 0.434 bits per heavy atom. The van der Waals surface area contributed by atoms with Crippen LogP contribution in [0.4, 0.5) is 0 Å². The Morgan fingerprint density at radius 3 is 0.943 bits per heavy atom. The van der Waals surface area contributed by atoms with E-state index in [2.05, 4.69) is 52.0 Å². The van der Waals surface area contributed by atoms with Gasteiger partial charge in [-0.2, -0.15) is 0 Å². The molecule has 4 fully saturated rings. The molecule has 8 rings (SSSR count). The molecule has 0 amide bonds. The van der Waals surface area contributed by atoms with Crippen LogP contribution in [0.15, 0.2) is 24.3 Å². The van der Waals surface area contributed by atoms with Crippen LogP contribution < -0.4 is 18.9 Å². The van der Waals surface area contributed by atoms with Crippen molar-refractivity contribution in [2.75, 3.05) is 106 Å². The standard InChI is InChI=1S/C41H56O12/c1-39(2)21-41(33-7-37(52-25-48-19-29-13-44-14-29)35(5-31(33)39)50-23-46-17-27-9-42-10-27)22-40(3,4)32-6-36(51-24-47-18-28-11-43-12-28)38(8-34(32)41)53-26-49-20-30-15-45-16-30/h5-8,27-30H,9-26H2,1-4H3. The summed E-state index contributed by atoms with van der Waals surface area (Å²) in [6, 6.07) is 8.70. The molecule has 0 aromatic heterocycles. The van der Waals surface area contributed by atoms with Crippen molar-refractivity contribution in [2.24, 2.45) is 23.7 Å². The maximum atomic E-state index is 6.37. The first-order valence-electron chi connectivity index (χ1n) is 19.2. The molecule has 2 aromatic carbocycles. The number of fused-ring (bicyclic) bond motifs is 4. The van der Waals surface area contributed by atoms with E-state index < -0.39 is 0 Å². The largest absolute Gasteiger partial charge is 0.464 e. The highest BCUT2D eigenvalue weighted by Crippen LogP contribution is 2.65. The molecule has 4 aliphatic heterocycles. The summed E-state index contributed by atoms with van der Waals surface area (Å²) in [7, 11) is 0. The molecule has 0 bridgehead atoms. The average molecular weight is 741 g/mol. The van der Waals surface area contributed by atoms with E-state index in [1.54, 1.807) is 0 Å². The van der Waals surface area contributed by atoms with E-state index in [0.29, 0.717) is 73.1 Å². The summed E-state index contributed by atoms with van der Waals surface area (Å²) in [6.45, 7) is 18.0. The van der Waals surface area contributed by atoms with Gasteiger partial charge in [0.15, 0.2) is 50.2 Å². The quantitative estimate of drug-likeness (QED) is 0.129. The van der Waals surface area contributed by atoms with Crippen LogP contribution in [0.25, 0.3) is 0 Å². The summed E-state index contributed by atoms with van der Waals surface area (Å²) >= 11 is 0. The number of rotatable bonds is 20. The number of ether oxygens (including phenoxy) is 12. The van der Waals surface area contributed by atoms with Crippen molar-refractivity contribution in [1.82, 2.24) is 0 Å². The molecule has 2 aromatic rings. The van der Waals surface area contributed by atoms with Gasteiger partial charge in [-0.15, -0.1) is 0 Å². The summed E-state index contributed by atoms with van der Waals surface area (Å²) in [5, 5.41) is 0. The molecule has 0 unspecified atom stereocenters. The highest BCUT2D eigenvalue weighted by molar-refractivity contribution is 5.65. The van der Waals surface area contributed by atoms with Gasteiger partial charge < -0.3 is 56.8 Å². The maximum absolute atomic E-state index is 6.37. The van der Waals surface area contributed by atoms with Crippen LogP contribution in [-0.4, -0.2) is 106 Å². The van der Waals surface area contributed by atoms with Crippen LogP contribution in [-0.2, 0) is 54.1 Å². The first kappa shape index (κ1) is 37.3.